The minimum absolute atomic E-state index is 0. The predicted octanol–water partition coefficient (Wildman–Crippen LogP) is -2.15. The molecule has 6 heavy (non-hydrogen) atoms. The van der Waals surface area contributed by atoms with Crippen molar-refractivity contribution in [2.75, 3.05) is 0 Å². The van der Waals surface area contributed by atoms with Crippen LogP contribution in [0.25, 0.3) is 0 Å². The molecule has 0 aliphatic carbocycles. The first-order chi connectivity index (χ1) is 1.73. The topological polar surface area (TPSA) is 57.5 Å². The van der Waals surface area contributed by atoms with Gasteiger partial charge in [-0.15, -0.1) is 0 Å². The van der Waals surface area contributed by atoms with E-state index in [-0.39, 0.29) is 89.7 Å². The van der Waals surface area contributed by atoms with Gasteiger partial charge in [0.05, 0.1) is 0 Å². The van der Waals surface area contributed by atoms with Crippen molar-refractivity contribution in [2.24, 2.45) is 0 Å². The van der Waals surface area contributed by atoms with Crippen molar-refractivity contribution in [3.05, 3.63) is 0 Å². The Morgan fingerprint density at radius 3 is 1.33 bits per heavy atom. The van der Waals surface area contributed by atoms with Gasteiger partial charge in [-0.1, -0.05) is 0 Å². The molecule has 3 nitrogen and oxygen atoms in total. The number of rotatable bonds is 0. The fourth-order valence-corrected chi connectivity index (χ4v) is 0. The Balaban J connectivity index is -0.0000000450. The first-order valence-corrected chi connectivity index (χ1v) is 2.69. The standard InChI is InChI=1S/Ba.Nd.2H2O.O.Ti.2H/h;;2*1H2;;;;/q;;;;;+2;;/p-2. The second-order valence-electron chi connectivity index (χ2n) is 0.283. The van der Waals surface area contributed by atoms with Crippen LogP contribution >= 0.6 is 0 Å². The van der Waals surface area contributed by atoms with Crippen LogP contribution < -0.4 is 0 Å². The Kier molecular flexibility index (Phi) is 30.2. The Labute approximate surface area is 116 Å². The van der Waals surface area contributed by atoms with E-state index in [4.69, 9.17) is 10.7 Å². The maximum absolute atomic E-state index is 8.81. The zero-order valence-electron chi connectivity index (χ0n) is 2.30. The van der Waals surface area contributed by atoms with E-state index in [1.54, 1.807) is 0 Å². The van der Waals surface area contributed by atoms with E-state index in [9.17, 15) is 0 Å². The van der Waals surface area contributed by atoms with Gasteiger partial charge in [0, 0.05) is 40.8 Å². The van der Waals surface area contributed by atoms with Crippen LogP contribution in [0, 0.1) is 40.8 Å². The fraction of sp³-hybridized carbons (Fsp3) is 0. The summed E-state index contributed by atoms with van der Waals surface area (Å²) in [6, 6.07) is 0. The van der Waals surface area contributed by atoms with Crippen LogP contribution in [0.3, 0.4) is 0 Å². The third kappa shape index (κ3) is 26.4. The summed E-state index contributed by atoms with van der Waals surface area (Å²) in [6.07, 6.45) is 0. The second kappa shape index (κ2) is 11.2. The molecule has 0 saturated carbocycles. The molecular weight excluding hydrogens is 377 g/mol. The average Bonchev–Trinajstić information content (AvgIpc) is 0.811. The Morgan fingerprint density at radius 1 is 1.33 bits per heavy atom. The van der Waals surface area contributed by atoms with Gasteiger partial charge in [0.25, 0.3) is 0 Å². The molecule has 6 heteroatoms. The molecule has 32 valence electrons. The van der Waals surface area contributed by atoms with Gasteiger partial charge in [0.1, 0.15) is 0 Å². The molecule has 0 unspecified atom stereocenters. The summed E-state index contributed by atoms with van der Waals surface area (Å²) in [6.45, 7) is 0. The zero-order chi connectivity index (χ0) is 3.58. The number of hydrogen-bond acceptors (Lipinski definition) is 1. The summed E-state index contributed by atoms with van der Waals surface area (Å²) in [4.78, 5) is 0. The van der Waals surface area contributed by atoms with E-state index in [1.165, 1.54) is 0 Å². The van der Waals surface area contributed by atoms with Gasteiger partial charge in [-0.3, -0.25) is 0 Å². The first kappa shape index (κ1) is 16.2. The molecule has 0 saturated heterocycles. The SMILES string of the molecule is [BaH2].[Nd].[O]=[Ti]([OH])[OH]. The van der Waals surface area contributed by atoms with E-state index in [0.29, 0.717) is 0 Å². The van der Waals surface area contributed by atoms with Crippen LogP contribution in [0.5, 0.6) is 0 Å². The van der Waals surface area contributed by atoms with E-state index in [1.807, 2.05) is 0 Å². The van der Waals surface area contributed by atoms with Gasteiger partial charge in [-0.2, -0.15) is 0 Å². The summed E-state index contributed by atoms with van der Waals surface area (Å²) >= 11 is -3.58. The molecule has 0 amide bonds. The predicted molar refractivity (Wildman–Crippen MR) is 13.7 cm³/mol. The van der Waals surface area contributed by atoms with Crippen molar-refractivity contribution >= 4 is 48.9 Å². The molecular formula is H4BaNdO3Ti. The Bertz CT molecular complexity index is 33.8. The summed E-state index contributed by atoms with van der Waals surface area (Å²) < 4.78 is 23.2. The molecule has 0 aliphatic heterocycles. The molecule has 0 fully saturated rings. The summed E-state index contributed by atoms with van der Waals surface area (Å²) in [7, 11) is 0. The molecule has 0 aromatic carbocycles. The van der Waals surface area contributed by atoms with Crippen LogP contribution in [0.15, 0.2) is 0 Å². The normalized spacial score (nSPS) is 4.33. The second-order valence-corrected chi connectivity index (χ2v) is 1.17. The molecule has 0 atom stereocenters. The van der Waals surface area contributed by atoms with Crippen LogP contribution in [0.4, 0.5) is 0 Å². The fourth-order valence-electron chi connectivity index (χ4n) is 0. The third-order valence-electron chi connectivity index (χ3n) is 0. The summed E-state index contributed by atoms with van der Waals surface area (Å²) in [5.74, 6) is 0. The van der Waals surface area contributed by atoms with Gasteiger partial charge < -0.3 is 0 Å². The van der Waals surface area contributed by atoms with Gasteiger partial charge in [0.15, 0.2) is 0 Å². The monoisotopic (exact) mass is 380 g/mol. The van der Waals surface area contributed by atoms with Crippen molar-refractivity contribution in [1.29, 1.82) is 0 Å². The molecule has 0 bridgehead atoms. The molecule has 0 aromatic heterocycles. The van der Waals surface area contributed by atoms with Gasteiger partial charge in [0.2, 0.25) is 0 Å². The maximum atomic E-state index is 8.81. The van der Waals surface area contributed by atoms with E-state index in [2.05, 4.69) is 0 Å². The molecule has 0 heterocycles. The molecule has 0 radical (unpaired) electrons. The summed E-state index contributed by atoms with van der Waals surface area (Å²) in [5, 5.41) is 0. The quantitative estimate of drug-likeness (QED) is 0.471. The van der Waals surface area contributed by atoms with Crippen LogP contribution in [-0.4, -0.2) is 56.3 Å². The van der Waals surface area contributed by atoms with E-state index < -0.39 is 18.6 Å². The summed E-state index contributed by atoms with van der Waals surface area (Å²) in [5.41, 5.74) is 0. The minimum atomic E-state index is -3.58. The molecule has 0 rings (SSSR count). The van der Waals surface area contributed by atoms with Crippen molar-refractivity contribution in [3.8, 4) is 0 Å². The Morgan fingerprint density at radius 2 is 1.33 bits per heavy atom. The van der Waals surface area contributed by atoms with Crippen LogP contribution in [-0.2, 0) is 21.9 Å². The van der Waals surface area contributed by atoms with Gasteiger partial charge in [-0.25, -0.2) is 0 Å². The Hall–Kier alpha value is 3.36. The van der Waals surface area contributed by atoms with E-state index >= 15 is 0 Å². The van der Waals surface area contributed by atoms with Crippen LogP contribution in [0.2, 0.25) is 0 Å². The van der Waals surface area contributed by atoms with Crippen molar-refractivity contribution < 1.29 is 70.2 Å². The van der Waals surface area contributed by atoms with Crippen molar-refractivity contribution in [3.63, 3.8) is 0 Å². The average molecular weight is 381 g/mol. The first-order valence-electron chi connectivity index (χ1n) is 0.651. The molecule has 0 aliphatic rings. The molecule has 0 spiro atoms. The van der Waals surface area contributed by atoms with E-state index in [0.717, 1.165) is 0 Å². The van der Waals surface area contributed by atoms with Crippen molar-refractivity contribution in [2.45, 2.75) is 0 Å². The third-order valence-corrected chi connectivity index (χ3v) is 0. The van der Waals surface area contributed by atoms with Gasteiger partial charge >= 0.3 is 78.2 Å². The van der Waals surface area contributed by atoms with Gasteiger partial charge in [-0.05, 0) is 0 Å². The van der Waals surface area contributed by atoms with Crippen molar-refractivity contribution in [1.82, 2.24) is 0 Å². The number of hydrogen-bond donors (Lipinski definition) is 2. The molecule has 0 aromatic rings. The zero-order valence-corrected chi connectivity index (χ0v) is 7.07. The molecule has 2 N–H and O–H groups in total. The van der Waals surface area contributed by atoms with Crippen LogP contribution in [0.1, 0.15) is 0 Å².